The van der Waals surface area contributed by atoms with E-state index < -0.39 is 5.82 Å². The minimum atomic E-state index is -0.447. The van der Waals surface area contributed by atoms with Gasteiger partial charge in [-0.15, -0.1) is 0 Å². The number of nitrogens with zero attached hydrogens (tertiary/aromatic N) is 2. The molecule has 1 heterocycles. The Hall–Kier alpha value is -2.76. The fraction of sp³-hybridized carbons (Fsp3) is 0.409. The van der Waals surface area contributed by atoms with Gasteiger partial charge >= 0.3 is 0 Å². The molecule has 5 nitrogen and oxygen atoms in total. The molecule has 3 rings (SSSR count). The summed E-state index contributed by atoms with van der Waals surface area (Å²) in [4.78, 5) is 30.8. The fourth-order valence-corrected chi connectivity index (χ4v) is 3.10. The Bertz CT molecular complexity index is 889. The highest BCUT2D eigenvalue weighted by Gasteiger charge is 2.25. The first-order chi connectivity index (χ1) is 13.3. The Balaban J connectivity index is 1.85. The van der Waals surface area contributed by atoms with Gasteiger partial charge in [0, 0.05) is 37.0 Å². The number of halogens is 1. The van der Waals surface area contributed by atoms with Crippen molar-refractivity contribution in [3.63, 3.8) is 0 Å². The number of pyridine rings is 1. The molecule has 0 aliphatic heterocycles. The highest BCUT2D eigenvalue weighted by molar-refractivity contribution is 5.96. The summed E-state index contributed by atoms with van der Waals surface area (Å²) in [7, 11) is 1.76. The average molecular weight is 383 g/mol. The van der Waals surface area contributed by atoms with Crippen molar-refractivity contribution in [3.8, 4) is 11.3 Å². The number of rotatable bonds is 6. The Kier molecular flexibility index (Phi) is 5.77. The van der Waals surface area contributed by atoms with Crippen molar-refractivity contribution in [2.24, 2.45) is 5.92 Å². The lowest BCUT2D eigenvalue weighted by atomic mass is 10.00. The number of hydrogen-bond acceptors (Lipinski definition) is 3. The first-order valence-electron chi connectivity index (χ1n) is 9.59. The van der Waals surface area contributed by atoms with E-state index in [2.05, 4.69) is 24.1 Å². The van der Waals surface area contributed by atoms with Crippen LogP contribution < -0.4 is 5.32 Å². The van der Waals surface area contributed by atoms with Crippen molar-refractivity contribution in [1.29, 1.82) is 0 Å². The van der Waals surface area contributed by atoms with Gasteiger partial charge < -0.3 is 10.2 Å². The van der Waals surface area contributed by atoms with Crippen LogP contribution in [0.3, 0.4) is 0 Å². The fourth-order valence-electron chi connectivity index (χ4n) is 3.10. The van der Waals surface area contributed by atoms with Gasteiger partial charge in [-0.25, -0.2) is 4.39 Å². The molecule has 0 unspecified atom stereocenters. The molecule has 0 radical (unpaired) electrons. The summed E-state index contributed by atoms with van der Waals surface area (Å²) in [6, 6.07) is 6.50. The molecule has 1 fully saturated rings. The minimum Gasteiger partial charge on any atom is -0.349 e. The molecule has 1 aromatic heterocycles. The van der Waals surface area contributed by atoms with E-state index in [1.807, 2.05) is 0 Å². The van der Waals surface area contributed by atoms with Crippen LogP contribution in [0.4, 0.5) is 4.39 Å². The molecule has 1 N–H and O–H groups in total. The first kappa shape index (κ1) is 20.0. The third kappa shape index (κ3) is 4.55. The second-order valence-corrected chi connectivity index (χ2v) is 7.89. The molecule has 0 atom stereocenters. The van der Waals surface area contributed by atoms with Crippen LogP contribution in [0.25, 0.3) is 11.3 Å². The molecule has 148 valence electrons. The number of amides is 2. The smallest absolute Gasteiger partial charge is 0.255 e. The Morgan fingerprint density at radius 3 is 2.54 bits per heavy atom. The molecule has 1 aliphatic carbocycles. The largest absolute Gasteiger partial charge is 0.349 e. The quantitative estimate of drug-likeness (QED) is 0.825. The first-order valence-corrected chi connectivity index (χ1v) is 9.59. The van der Waals surface area contributed by atoms with Gasteiger partial charge in [0.25, 0.3) is 11.8 Å². The van der Waals surface area contributed by atoms with Crippen molar-refractivity contribution < 1.29 is 14.0 Å². The second-order valence-electron chi connectivity index (χ2n) is 7.89. The molecule has 28 heavy (non-hydrogen) atoms. The van der Waals surface area contributed by atoms with Crippen molar-refractivity contribution in [3.05, 3.63) is 53.0 Å². The van der Waals surface area contributed by atoms with E-state index in [1.165, 1.54) is 12.3 Å². The van der Waals surface area contributed by atoms with Crippen LogP contribution in [0.1, 0.15) is 53.0 Å². The molecule has 1 aromatic carbocycles. The zero-order chi connectivity index (χ0) is 20.4. The Morgan fingerprint density at radius 1 is 1.25 bits per heavy atom. The highest BCUT2D eigenvalue weighted by Crippen LogP contribution is 2.27. The summed E-state index contributed by atoms with van der Waals surface area (Å²) in [6.45, 7) is 6.41. The molecule has 6 heteroatoms. The number of carbonyl (C=O) groups excluding carboxylic acids is 2. The van der Waals surface area contributed by atoms with E-state index in [9.17, 15) is 14.0 Å². The van der Waals surface area contributed by atoms with E-state index >= 15 is 0 Å². The summed E-state index contributed by atoms with van der Waals surface area (Å²) in [5, 5.41) is 2.87. The Labute approximate surface area is 165 Å². The van der Waals surface area contributed by atoms with E-state index in [0.717, 1.165) is 12.8 Å². The van der Waals surface area contributed by atoms with Crippen LogP contribution in [0, 0.1) is 18.7 Å². The third-order valence-electron chi connectivity index (χ3n) is 4.79. The lowest BCUT2D eigenvalue weighted by Gasteiger charge is -2.19. The maximum absolute atomic E-state index is 14.4. The topological polar surface area (TPSA) is 62.3 Å². The van der Waals surface area contributed by atoms with Gasteiger partial charge in [-0.1, -0.05) is 13.8 Å². The molecule has 0 bridgehead atoms. The lowest BCUT2D eigenvalue weighted by Crippen LogP contribution is -2.30. The molecule has 1 saturated carbocycles. The maximum atomic E-state index is 14.4. The normalized spacial score (nSPS) is 13.5. The number of benzene rings is 1. The monoisotopic (exact) mass is 383 g/mol. The van der Waals surface area contributed by atoms with Gasteiger partial charge in [0.1, 0.15) is 5.82 Å². The maximum Gasteiger partial charge on any atom is 0.255 e. The van der Waals surface area contributed by atoms with Gasteiger partial charge in [0.2, 0.25) is 0 Å². The second kappa shape index (κ2) is 8.09. The van der Waals surface area contributed by atoms with E-state index in [-0.39, 0.29) is 23.4 Å². The molecular formula is C22H26FN3O2. The van der Waals surface area contributed by atoms with Gasteiger partial charge in [0.05, 0.1) is 11.3 Å². The van der Waals surface area contributed by atoms with Crippen LogP contribution in [-0.2, 0) is 0 Å². The average Bonchev–Trinajstić information content (AvgIpc) is 3.46. The van der Waals surface area contributed by atoms with E-state index in [4.69, 9.17) is 0 Å². The SMILES string of the molecule is Cc1c(F)cc(C(=O)NC2CC2)cc1-c1ccc(C(=O)N(C)CC(C)C)cn1. The predicted molar refractivity (Wildman–Crippen MR) is 107 cm³/mol. The van der Waals surface area contributed by atoms with Crippen molar-refractivity contribution in [1.82, 2.24) is 15.2 Å². The molecule has 2 aromatic rings. The zero-order valence-corrected chi connectivity index (χ0v) is 16.8. The standard InChI is InChI=1S/C22H26FN3O2/c1-13(2)12-26(4)22(28)15-5-8-20(24-11-15)18-9-16(10-19(23)14(18)3)21(27)25-17-6-7-17/h5,8-11,13,17H,6-7,12H2,1-4H3,(H,25,27). The van der Waals surface area contributed by atoms with E-state index in [0.29, 0.717) is 34.8 Å². The van der Waals surface area contributed by atoms with Gasteiger partial charge in [0.15, 0.2) is 0 Å². The Morgan fingerprint density at radius 2 is 1.96 bits per heavy atom. The summed E-state index contributed by atoms with van der Waals surface area (Å²) in [6.07, 6.45) is 3.44. The molecule has 2 amide bonds. The minimum absolute atomic E-state index is 0.104. The number of aromatic nitrogens is 1. The third-order valence-corrected chi connectivity index (χ3v) is 4.79. The number of carbonyl (C=O) groups is 2. The van der Waals surface area contributed by atoms with Gasteiger partial charge in [-0.2, -0.15) is 0 Å². The van der Waals surface area contributed by atoms with Crippen molar-refractivity contribution >= 4 is 11.8 Å². The number of hydrogen-bond donors (Lipinski definition) is 1. The zero-order valence-electron chi connectivity index (χ0n) is 16.8. The van der Waals surface area contributed by atoms with Crippen molar-refractivity contribution in [2.45, 2.75) is 39.7 Å². The summed E-state index contributed by atoms with van der Waals surface area (Å²) in [5.74, 6) is -0.452. The number of nitrogens with one attached hydrogen (secondary N) is 1. The molecule has 1 aliphatic rings. The van der Waals surface area contributed by atoms with Crippen LogP contribution in [0.2, 0.25) is 0 Å². The summed E-state index contributed by atoms with van der Waals surface area (Å²) < 4.78 is 14.4. The van der Waals surface area contributed by atoms with Crippen LogP contribution >= 0.6 is 0 Å². The molecular weight excluding hydrogens is 357 g/mol. The van der Waals surface area contributed by atoms with E-state index in [1.54, 1.807) is 37.1 Å². The summed E-state index contributed by atoms with van der Waals surface area (Å²) >= 11 is 0. The molecule has 0 spiro atoms. The van der Waals surface area contributed by atoms with Crippen LogP contribution in [-0.4, -0.2) is 41.3 Å². The summed E-state index contributed by atoms with van der Waals surface area (Å²) in [5.41, 5.74) is 2.26. The van der Waals surface area contributed by atoms with Crippen molar-refractivity contribution in [2.75, 3.05) is 13.6 Å². The van der Waals surface area contributed by atoms with Crippen LogP contribution in [0.5, 0.6) is 0 Å². The lowest BCUT2D eigenvalue weighted by molar-refractivity contribution is 0.0778. The van der Waals surface area contributed by atoms with Crippen LogP contribution in [0.15, 0.2) is 30.5 Å². The van der Waals surface area contributed by atoms with Gasteiger partial charge in [-0.05, 0) is 55.5 Å². The van der Waals surface area contributed by atoms with Gasteiger partial charge in [-0.3, -0.25) is 14.6 Å². The predicted octanol–water partition coefficient (Wildman–Crippen LogP) is 3.82. The highest BCUT2D eigenvalue weighted by atomic mass is 19.1. The molecule has 0 saturated heterocycles.